The zero-order chi connectivity index (χ0) is 43.5. The van der Waals surface area contributed by atoms with Crippen LogP contribution in [-0.4, -0.2) is 76.8 Å². The summed E-state index contributed by atoms with van der Waals surface area (Å²) in [7, 11) is 4.83. The number of hydrogen-bond donors (Lipinski definition) is 9. The molecule has 1 spiro atoms. The molecule has 1 aromatic heterocycles. The van der Waals surface area contributed by atoms with Gasteiger partial charge in [0.1, 0.15) is 17.4 Å². The highest BCUT2D eigenvalue weighted by atomic mass is 16.5. The minimum Gasteiger partial charge on any atom is -0.508 e. The first kappa shape index (κ1) is 42.6. The zero-order valence-corrected chi connectivity index (χ0v) is 35.6. The maximum atomic E-state index is 15.9. The minimum atomic E-state index is -1.05. The lowest BCUT2D eigenvalue weighted by molar-refractivity contribution is -0.134. The van der Waals surface area contributed by atoms with Crippen LogP contribution in [0, 0.1) is 17.3 Å². The fraction of sp³-hybridized carbons (Fsp3) is 0.380. The Kier molecular flexibility index (Phi) is 12.4. The van der Waals surface area contributed by atoms with Gasteiger partial charge in [0.05, 0.1) is 26.2 Å². The molecule has 6 unspecified atom stereocenters. The molecule has 0 amide bonds. The van der Waals surface area contributed by atoms with Gasteiger partial charge >= 0.3 is 0 Å². The Morgan fingerprint density at radius 3 is 2.56 bits per heavy atom. The van der Waals surface area contributed by atoms with Gasteiger partial charge in [-0.2, -0.15) is 0 Å². The predicted octanol–water partition coefficient (Wildman–Crippen LogP) is 7.88. The third kappa shape index (κ3) is 8.29. The maximum Gasteiger partial charge on any atom is 0.200 e. The third-order valence-corrected chi connectivity index (χ3v) is 13.7. The van der Waals surface area contributed by atoms with Crippen molar-refractivity contribution >= 4 is 22.2 Å². The van der Waals surface area contributed by atoms with E-state index >= 15 is 4.79 Å². The number of benzene rings is 4. The van der Waals surface area contributed by atoms with Crippen LogP contribution >= 0.6 is 0 Å². The fourth-order valence-electron chi connectivity index (χ4n) is 10.9. The van der Waals surface area contributed by atoms with Gasteiger partial charge in [-0.15, -0.1) is 0 Å². The monoisotopic (exact) mass is 842 g/mol. The topological polar surface area (TPSA) is 189 Å². The number of carbonyl (C=O) groups excluding carboxylic acids is 1. The number of H-pyrrole nitrogens is 1. The molecule has 3 heterocycles. The van der Waals surface area contributed by atoms with Gasteiger partial charge in [0, 0.05) is 42.5 Å². The smallest absolute Gasteiger partial charge is 0.200 e. The standard InChI is InChI=1S/C50H58N4O8/c1-51-28-33-21-31(32-24-43(59)49(60)45(25-32)62-3)23-42(58)48(41(57)15-9-29-8-14-40(56)44(20-29)61-2)50(17-4-6-34(50)26-36-7-5-18-52-36)35-16-19-53-46(27-35)54-39-13-10-30-22-37(55)11-12-38(30)47(33)39/h5,7-8,10-14,16,18,20,22,24-25,27,31,33-34,41,48,51-57,59-60H,4,6,9,15,17,19,21,23,26,28H2,1-3H3. The van der Waals surface area contributed by atoms with Crippen molar-refractivity contribution in [2.45, 2.75) is 69.3 Å². The maximum absolute atomic E-state index is 15.9. The highest BCUT2D eigenvalue weighted by molar-refractivity contribution is 5.92. The van der Waals surface area contributed by atoms with Gasteiger partial charge < -0.3 is 55.9 Å². The molecule has 1 fully saturated rings. The van der Waals surface area contributed by atoms with Crippen LogP contribution < -0.4 is 25.4 Å². The summed E-state index contributed by atoms with van der Waals surface area (Å²) >= 11 is 0. The molecule has 0 saturated heterocycles. The molecular formula is C50H58N4O8. The summed E-state index contributed by atoms with van der Waals surface area (Å²) < 4.78 is 11.0. The summed E-state index contributed by atoms with van der Waals surface area (Å²) in [6.07, 6.45) is 9.53. The van der Waals surface area contributed by atoms with Crippen molar-refractivity contribution in [2.75, 3.05) is 39.7 Å². The van der Waals surface area contributed by atoms with E-state index < -0.39 is 23.4 Å². The number of fused-ring (bicyclic) bond motifs is 5. The molecule has 8 rings (SSSR count). The van der Waals surface area contributed by atoms with Gasteiger partial charge in [-0.1, -0.05) is 30.7 Å². The second-order valence-electron chi connectivity index (χ2n) is 17.2. The second kappa shape index (κ2) is 18.1. The van der Waals surface area contributed by atoms with Crippen molar-refractivity contribution in [3.05, 3.63) is 125 Å². The Labute approximate surface area is 362 Å². The number of aryl methyl sites for hydroxylation is 1. The lowest BCUT2D eigenvalue weighted by atomic mass is 9.58. The van der Waals surface area contributed by atoms with Crippen LogP contribution in [0.4, 0.5) is 5.69 Å². The first-order valence-electron chi connectivity index (χ1n) is 21.6. The number of aromatic nitrogens is 1. The summed E-state index contributed by atoms with van der Waals surface area (Å²) in [6.45, 7) is 1.05. The van der Waals surface area contributed by atoms with Crippen LogP contribution in [0.15, 0.2) is 103 Å². The number of dihydropyridines is 1. The number of phenols is 4. The van der Waals surface area contributed by atoms with Crippen LogP contribution in [0.1, 0.15) is 72.7 Å². The van der Waals surface area contributed by atoms with E-state index in [1.54, 1.807) is 30.3 Å². The first-order chi connectivity index (χ1) is 30.0. The number of rotatable bonds is 11. The van der Waals surface area contributed by atoms with Gasteiger partial charge in [0.15, 0.2) is 23.0 Å². The molecule has 12 heteroatoms. The molecule has 6 atom stereocenters. The highest BCUT2D eigenvalue weighted by Gasteiger charge is 2.55. The van der Waals surface area contributed by atoms with E-state index in [0.717, 1.165) is 57.5 Å². The normalized spacial score (nSPS) is 23.2. The van der Waals surface area contributed by atoms with Crippen LogP contribution in [0.2, 0.25) is 0 Å². The molecule has 5 aromatic rings. The van der Waals surface area contributed by atoms with Crippen molar-refractivity contribution in [1.82, 2.24) is 15.6 Å². The third-order valence-electron chi connectivity index (χ3n) is 13.7. The van der Waals surface area contributed by atoms with E-state index in [-0.39, 0.29) is 59.2 Å². The van der Waals surface area contributed by atoms with Crippen molar-refractivity contribution in [3.63, 3.8) is 0 Å². The average molecular weight is 843 g/mol. The molecule has 62 heavy (non-hydrogen) atoms. The van der Waals surface area contributed by atoms with Crippen molar-refractivity contribution in [2.24, 2.45) is 17.3 Å². The molecule has 326 valence electrons. The largest absolute Gasteiger partial charge is 0.508 e. The SMILES string of the molecule is CNCC1CC(c2cc(O)c(O)c(OC)c2)CC(=O)C(C(O)CCc2ccc(O)c(OC)c2)C2(CCCC2Cc2ccc[nH]2)C2=CCNC(=C2)Nc2ccc3cc(O)ccc3c21. The van der Waals surface area contributed by atoms with Crippen molar-refractivity contribution in [1.29, 1.82) is 0 Å². The molecule has 9 N–H and O–H groups in total. The lowest BCUT2D eigenvalue weighted by Crippen LogP contribution is -2.48. The van der Waals surface area contributed by atoms with E-state index in [1.807, 2.05) is 43.6 Å². The Bertz CT molecular complexity index is 2480. The summed E-state index contributed by atoms with van der Waals surface area (Å²) in [6, 6.07) is 21.9. The Hall–Kier alpha value is -6.11. The van der Waals surface area contributed by atoms with E-state index in [4.69, 9.17) is 9.47 Å². The molecule has 2 aliphatic heterocycles. The number of anilines is 1. The Balaban J connectivity index is 1.33. The number of aliphatic hydroxyl groups excluding tert-OH is 1. The number of nitrogens with one attached hydrogen (secondary N) is 4. The quantitative estimate of drug-likeness (QED) is 0.0589. The number of aromatic amines is 1. The number of aromatic hydroxyl groups is 4. The van der Waals surface area contributed by atoms with E-state index in [0.29, 0.717) is 50.1 Å². The number of hydrogen-bond acceptors (Lipinski definition) is 11. The number of ketones is 1. The zero-order valence-electron chi connectivity index (χ0n) is 35.6. The van der Waals surface area contributed by atoms with Crippen LogP contribution in [0.5, 0.6) is 34.5 Å². The molecule has 3 aliphatic rings. The van der Waals surface area contributed by atoms with Gasteiger partial charge in [-0.25, -0.2) is 0 Å². The summed E-state index contributed by atoms with van der Waals surface area (Å²) in [4.78, 5) is 19.4. The summed E-state index contributed by atoms with van der Waals surface area (Å²) in [5, 5.41) is 68.2. The summed E-state index contributed by atoms with van der Waals surface area (Å²) in [5.41, 5.74) is 4.69. The molecular weight excluding hydrogens is 785 g/mol. The fourth-order valence-corrected chi connectivity index (χ4v) is 10.9. The molecule has 12 nitrogen and oxygen atoms in total. The number of aliphatic hydroxyl groups is 1. The number of allylic oxidation sites excluding steroid dienone is 2. The molecule has 4 aromatic carbocycles. The van der Waals surface area contributed by atoms with Gasteiger partial charge in [-0.3, -0.25) is 4.79 Å². The molecule has 0 radical (unpaired) electrons. The number of carbonyl (C=O) groups is 1. The summed E-state index contributed by atoms with van der Waals surface area (Å²) in [5.74, 6) is -0.918. The van der Waals surface area contributed by atoms with E-state index in [2.05, 4.69) is 39.2 Å². The number of methoxy groups -OCH3 is 2. The average Bonchev–Trinajstić information content (AvgIpc) is 3.94. The Morgan fingerprint density at radius 1 is 0.952 bits per heavy atom. The van der Waals surface area contributed by atoms with Crippen LogP contribution in [-0.2, 0) is 17.6 Å². The molecule has 1 saturated carbocycles. The second-order valence-corrected chi connectivity index (χ2v) is 17.2. The number of likely N-dealkylation sites (N-methyl/N-ethyl adjacent to an activating group) is 1. The van der Waals surface area contributed by atoms with Gasteiger partial charge in [0.25, 0.3) is 0 Å². The molecule has 2 bridgehead atoms. The van der Waals surface area contributed by atoms with Gasteiger partial charge in [0.2, 0.25) is 5.75 Å². The minimum absolute atomic E-state index is 0.00250. The Morgan fingerprint density at radius 2 is 1.79 bits per heavy atom. The van der Waals surface area contributed by atoms with E-state index in [9.17, 15) is 25.5 Å². The van der Waals surface area contributed by atoms with Gasteiger partial charge in [-0.05, 0) is 157 Å². The molecule has 1 aliphatic carbocycles. The predicted molar refractivity (Wildman–Crippen MR) is 240 cm³/mol. The van der Waals surface area contributed by atoms with E-state index in [1.165, 1.54) is 20.3 Å². The van der Waals surface area contributed by atoms with Crippen LogP contribution in [0.25, 0.3) is 10.8 Å². The lowest BCUT2D eigenvalue weighted by Gasteiger charge is -2.46. The number of Topliss-reactive ketones (excluding diaryl/α,β-unsaturated/α-hetero) is 1. The first-order valence-corrected chi connectivity index (χ1v) is 21.6. The van der Waals surface area contributed by atoms with Crippen molar-refractivity contribution in [3.8, 4) is 34.5 Å². The van der Waals surface area contributed by atoms with Crippen LogP contribution in [0.3, 0.4) is 0 Å². The number of ether oxygens (including phenoxy) is 2. The van der Waals surface area contributed by atoms with Crippen molar-refractivity contribution < 1.29 is 39.8 Å². The highest BCUT2D eigenvalue weighted by Crippen LogP contribution is 2.58. The number of phenolic OH excluding ortho intramolecular Hbond substituents is 4.